The summed E-state index contributed by atoms with van der Waals surface area (Å²) in [6.45, 7) is 2.05. The molecule has 1 amide bonds. The first-order chi connectivity index (χ1) is 10.2. The highest BCUT2D eigenvalue weighted by Crippen LogP contribution is 2.16. The molecule has 0 atom stereocenters. The van der Waals surface area contributed by atoms with Gasteiger partial charge in [-0.05, 0) is 37.1 Å². The van der Waals surface area contributed by atoms with Crippen LogP contribution in [0.4, 0.5) is 0 Å². The first-order valence-corrected chi connectivity index (χ1v) is 7.85. The molecular formula is C15H22BrNO4. The largest absolute Gasteiger partial charge is 0.494 e. The van der Waals surface area contributed by atoms with Gasteiger partial charge in [0, 0.05) is 24.0 Å². The molecule has 1 aromatic carbocycles. The normalized spacial score (nSPS) is 10.4. The molecule has 0 aromatic heterocycles. The van der Waals surface area contributed by atoms with Crippen LogP contribution in [0.2, 0.25) is 0 Å². The molecule has 0 spiro atoms. The van der Waals surface area contributed by atoms with Crippen molar-refractivity contribution < 1.29 is 19.4 Å². The Morgan fingerprint density at radius 3 is 2.62 bits per heavy atom. The highest BCUT2D eigenvalue weighted by atomic mass is 79.9. The number of hydrogen-bond acceptors (Lipinski definition) is 4. The average Bonchev–Trinajstić information content (AvgIpc) is 2.49. The van der Waals surface area contributed by atoms with Gasteiger partial charge in [-0.25, -0.2) is 0 Å². The summed E-state index contributed by atoms with van der Waals surface area (Å²) in [5.41, 5.74) is 0. The molecule has 0 saturated carbocycles. The fourth-order valence-electron chi connectivity index (χ4n) is 1.61. The second kappa shape index (κ2) is 11.5. The van der Waals surface area contributed by atoms with Crippen LogP contribution >= 0.6 is 15.9 Å². The van der Waals surface area contributed by atoms with Crippen LogP contribution in [-0.4, -0.2) is 44.0 Å². The lowest BCUT2D eigenvalue weighted by Crippen LogP contribution is -2.25. The van der Waals surface area contributed by atoms with E-state index in [0.29, 0.717) is 39.2 Å². The van der Waals surface area contributed by atoms with Gasteiger partial charge < -0.3 is 19.9 Å². The molecule has 0 unspecified atom stereocenters. The Balaban J connectivity index is 1.97. The van der Waals surface area contributed by atoms with E-state index in [-0.39, 0.29) is 12.5 Å². The average molecular weight is 360 g/mol. The fourth-order valence-corrected chi connectivity index (χ4v) is 1.87. The van der Waals surface area contributed by atoms with Gasteiger partial charge in [0.15, 0.2) is 0 Å². The Morgan fingerprint density at radius 1 is 1.14 bits per heavy atom. The maximum absolute atomic E-state index is 11.5. The standard InChI is InChI=1S/C15H22BrNO4/c16-13-4-6-14(7-5-13)21-11-1-3-15(19)17-8-2-10-20-12-9-18/h4-7,18H,1-3,8-12H2,(H,17,19). The third kappa shape index (κ3) is 9.44. The number of rotatable bonds is 11. The van der Waals surface area contributed by atoms with Crippen LogP contribution in [-0.2, 0) is 9.53 Å². The molecule has 1 rings (SSSR count). The van der Waals surface area contributed by atoms with Crippen LogP contribution in [0.25, 0.3) is 0 Å². The highest BCUT2D eigenvalue weighted by Gasteiger charge is 2.01. The van der Waals surface area contributed by atoms with Gasteiger partial charge >= 0.3 is 0 Å². The van der Waals surface area contributed by atoms with Crippen molar-refractivity contribution in [1.82, 2.24) is 5.32 Å². The number of hydrogen-bond donors (Lipinski definition) is 2. The summed E-state index contributed by atoms with van der Waals surface area (Å²) < 4.78 is 11.6. The lowest BCUT2D eigenvalue weighted by Gasteiger charge is -2.07. The van der Waals surface area contributed by atoms with Crippen LogP contribution in [0.15, 0.2) is 28.7 Å². The van der Waals surface area contributed by atoms with Crippen LogP contribution in [0.3, 0.4) is 0 Å². The van der Waals surface area contributed by atoms with Crippen molar-refractivity contribution in [1.29, 1.82) is 0 Å². The molecule has 0 heterocycles. The minimum atomic E-state index is 0.0246. The summed E-state index contributed by atoms with van der Waals surface area (Å²) in [5, 5.41) is 11.3. The number of aliphatic hydroxyl groups is 1. The van der Waals surface area contributed by atoms with Gasteiger partial charge in [0.25, 0.3) is 0 Å². The van der Waals surface area contributed by atoms with Gasteiger partial charge in [-0.3, -0.25) is 4.79 Å². The molecule has 118 valence electrons. The van der Waals surface area contributed by atoms with Gasteiger partial charge in [-0.2, -0.15) is 0 Å². The zero-order chi connectivity index (χ0) is 15.3. The minimum absolute atomic E-state index is 0.0246. The van der Waals surface area contributed by atoms with Gasteiger partial charge in [0.2, 0.25) is 5.91 Å². The molecule has 0 fully saturated rings. The lowest BCUT2D eigenvalue weighted by molar-refractivity contribution is -0.121. The molecule has 0 aliphatic carbocycles. The van der Waals surface area contributed by atoms with Crippen molar-refractivity contribution in [2.75, 3.05) is 33.0 Å². The van der Waals surface area contributed by atoms with Gasteiger partial charge in [0.1, 0.15) is 5.75 Å². The Labute approximate surface area is 133 Å². The van der Waals surface area contributed by atoms with Crippen molar-refractivity contribution in [3.8, 4) is 5.75 Å². The van der Waals surface area contributed by atoms with Crippen molar-refractivity contribution in [2.45, 2.75) is 19.3 Å². The molecule has 0 saturated heterocycles. The van der Waals surface area contributed by atoms with Crippen molar-refractivity contribution >= 4 is 21.8 Å². The topological polar surface area (TPSA) is 67.8 Å². The van der Waals surface area contributed by atoms with E-state index >= 15 is 0 Å². The predicted molar refractivity (Wildman–Crippen MR) is 84.4 cm³/mol. The van der Waals surface area contributed by atoms with E-state index < -0.39 is 0 Å². The minimum Gasteiger partial charge on any atom is -0.494 e. The summed E-state index contributed by atoms with van der Waals surface area (Å²) in [7, 11) is 0. The third-order valence-electron chi connectivity index (χ3n) is 2.65. The smallest absolute Gasteiger partial charge is 0.220 e. The maximum atomic E-state index is 11.5. The monoisotopic (exact) mass is 359 g/mol. The number of amides is 1. The van der Waals surface area contributed by atoms with Crippen LogP contribution in [0.1, 0.15) is 19.3 Å². The fraction of sp³-hybridized carbons (Fsp3) is 0.533. The molecular weight excluding hydrogens is 338 g/mol. The lowest BCUT2D eigenvalue weighted by atomic mass is 10.3. The molecule has 0 radical (unpaired) electrons. The Bertz CT molecular complexity index is 397. The number of carbonyl (C=O) groups excluding carboxylic acids is 1. The summed E-state index contributed by atoms with van der Waals surface area (Å²) in [6, 6.07) is 7.61. The van der Waals surface area contributed by atoms with E-state index in [0.717, 1.165) is 16.6 Å². The Hall–Kier alpha value is -1.11. The van der Waals surface area contributed by atoms with Gasteiger partial charge in [-0.15, -0.1) is 0 Å². The van der Waals surface area contributed by atoms with E-state index in [2.05, 4.69) is 21.2 Å². The number of nitrogens with one attached hydrogen (secondary N) is 1. The number of halogens is 1. The van der Waals surface area contributed by atoms with E-state index in [9.17, 15) is 4.79 Å². The summed E-state index contributed by atoms with van der Waals surface area (Å²) in [5.74, 6) is 0.830. The third-order valence-corrected chi connectivity index (χ3v) is 3.18. The zero-order valence-corrected chi connectivity index (χ0v) is 13.6. The molecule has 21 heavy (non-hydrogen) atoms. The summed E-state index contributed by atoms with van der Waals surface area (Å²) >= 11 is 3.36. The van der Waals surface area contributed by atoms with Crippen molar-refractivity contribution in [2.24, 2.45) is 0 Å². The van der Waals surface area contributed by atoms with Gasteiger partial charge in [-0.1, -0.05) is 15.9 Å². The van der Waals surface area contributed by atoms with E-state index in [1.165, 1.54) is 0 Å². The summed E-state index contributed by atoms with van der Waals surface area (Å²) in [4.78, 5) is 11.5. The molecule has 0 aliphatic heterocycles. The molecule has 5 nitrogen and oxygen atoms in total. The molecule has 2 N–H and O–H groups in total. The predicted octanol–water partition coefficient (Wildman–Crippen LogP) is 2.12. The Kier molecular flexibility index (Phi) is 9.86. The molecule has 0 aliphatic rings. The summed E-state index contributed by atoms with van der Waals surface area (Å²) in [6.07, 6.45) is 1.89. The maximum Gasteiger partial charge on any atom is 0.220 e. The molecule has 6 heteroatoms. The highest BCUT2D eigenvalue weighted by molar-refractivity contribution is 9.10. The number of carbonyl (C=O) groups is 1. The van der Waals surface area contributed by atoms with Crippen LogP contribution in [0, 0.1) is 0 Å². The SMILES string of the molecule is O=C(CCCOc1ccc(Br)cc1)NCCCOCCO. The van der Waals surface area contributed by atoms with Crippen molar-refractivity contribution in [3.63, 3.8) is 0 Å². The van der Waals surface area contributed by atoms with E-state index in [1.807, 2.05) is 24.3 Å². The second-order valence-corrected chi connectivity index (χ2v) is 5.36. The van der Waals surface area contributed by atoms with E-state index in [1.54, 1.807) is 0 Å². The van der Waals surface area contributed by atoms with Crippen LogP contribution < -0.4 is 10.1 Å². The number of benzene rings is 1. The Morgan fingerprint density at radius 2 is 1.90 bits per heavy atom. The first-order valence-electron chi connectivity index (χ1n) is 7.06. The zero-order valence-electron chi connectivity index (χ0n) is 12.0. The van der Waals surface area contributed by atoms with Gasteiger partial charge in [0.05, 0.1) is 19.8 Å². The van der Waals surface area contributed by atoms with E-state index in [4.69, 9.17) is 14.6 Å². The second-order valence-electron chi connectivity index (χ2n) is 4.45. The first kappa shape index (κ1) is 17.9. The quantitative estimate of drug-likeness (QED) is 0.594. The number of aliphatic hydroxyl groups excluding tert-OH is 1. The van der Waals surface area contributed by atoms with Crippen LogP contribution in [0.5, 0.6) is 5.75 Å². The number of ether oxygens (including phenoxy) is 2. The molecule has 0 bridgehead atoms. The molecule has 1 aromatic rings. The van der Waals surface area contributed by atoms with Crippen molar-refractivity contribution in [3.05, 3.63) is 28.7 Å².